The number of carbonyl (C=O) groups is 3. The first-order chi connectivity index (χ1) is 20.7. The number of hydrogen-bond acceptors (Lipinski definition) is 8. The Morgan fingerprint density at radius 2 is 1.74 bits per heavy atom. The number of thioether (sulfide) groups is 1. The van der Waals surface area contributed by atoms with Crippen molar-refractivity contribution in [2.75, 3.05) is 23.4 Å². The molecule has 3 atom stereocenters. The number of aromatic nitrogens is 1. The van der Waals surface area contributed by atoms with Crippen molar-refractivity contribution in [3.8, 4) is 11.5 Å². The van der Waals surface area contributed by atoms with Gasteiger partial charge in [-0.3, -0.25) is 19.2 Å². The summed E-state index contributed by atoms with van der Waals surface area (Å²) in [7, 11) is 0. The molecule has 2 N–H and O–H groups in total. The fourth-order valence-electron chi connectivity index (χ4n) is 5.20. The number of ether oxygens (including phenoxy) is 2. The lowest BCUT2D eigenvalue weighted by Crippen LogP contribution is -2.32. The van der Waals surface area contributed by atoms with E-state index in [1.165, 1.54) is 40.9 Å². The second-order valence-corrected chi connectivity index (χ2v) is 12.3. The van der Waals surface area contributed by atoms with Gasteiger partial charge in [-0.15, -0.1) is 0 Å². The molecule has 3 heterocycles. The Bertz CT molecular complexity index is 1780. The van der Waals surface area contributed by atoms with Crippen LogP contribution in [-0.4, -0.2) is 41.2 Å². The Balaban J connectivity index is 1.31. The second-order valence-electron chi connectivity index (χ2n) is 9.72. The van der Waals surface area contributed by atoms with Gasteiger partial charge in [0.2, 0.25) is 11.8 Å². The van der Waals surface area contributed by atoms with Crippen LogP contribution in [0.5, 0.6) is 11.5 Å². The van der Waals surface area contributed by atoms with Gasteiger partial charge in [-0.2, -0.15) is 0 Å². The fourth-order valence-corrected chi connectivity index (χ4v) is 7.84. The summed E-state index contributed by atoms with van der Waals surface area (Å²) in [5, 5.41) is 2.91. The monoisotopic (exact) mass is 639 g/mol. The molecule has 1 saturated heterocycles. The van der Waals surface area contributed by atoms with Crippen LogP contribution in [0.25, 0.3) is 0 Å². The molecule has 43 heavy (non-hydrogen) atoms. The van der Waals surface area contributed by atoms with Crippen molar-refractivity contribution in [3.63, 3.8) is 0 Å². The van der Waals surface area contributed by atoms with Crippen LogP contribution in [0.4, 0.5) is 15.8 Å². The summed E-state index contributed by atoms with van der Waals surface area (Å²) in [6, 6.07) is 16.9. The van der Waals surface area contributed by atoms with Crippen LogP contribution in [0.1, 0.15) is 23.3 Å². The Hall–Kier alpha value is -4.13. The molecule has 0 saturated carbocycles. The van der Waals surface area contributed by atoms with Crippen LogP contribution in [0.2, 0.25) is 5.02 Å². The van der Waals surface area contributed by atoms with Gasteiger partial charge >= 0.3 is 4.87 Å². The molecular formula is C30H23ClFN3O6S2. The minimum atomic E-state index is -0.783. The predicted octanol–water partition coefficient (Wildman–Crippen LogP) is 5.44. The van der Waals surface area contributed by atoms with E-state index in [4.69, 9.17) is 21.1 Å². The maximum Gasteiger partial charge on any atom is 0.305 e. The number of nitrogens with one attached hydrogen (secondary N) is 2. The third-order valence-electron chi connectivity index (χ3n) is 7.02. The van der Waals surface area contributed by atoms with Crippen molar-refractivity contribution >= 4 is 63.8 Å². The lowest BCUT2D eigenvalue weighted by Gasteiger charge is -2.30. The molecule has 3 amide bonds. The topological polar surface area (TPSA) is 118 Å². The maximum absolute atomic E-state index is 13.9. The number of aromatic amines is 1. The molecule has 0 bridgehead atoms. The van der Waals surface area contributed by atoms with E-state index >= 15 is 0 Å². The zero-order chi connectivity index (χ0) is 30.2. The van der Waals surface area contributed by atoms with Crippen LogP contribution >= 0.6 is 34.7 Å². The number of benzene rings is 3. The van der Waals surface area contributed by atoms with Crippen molar-refractivity contribution in [2.45, 2.75) is 23.1 Å². The van der Waals surface area contributed by atoms with Crippen molar-refractivity contribution in [3.05, 3.63) is 97.7 Å². The first-order valence-electron chi connectivity index (χ1n) is 13.2. The van der Waals surface area contributed by atoms with Gasteiger partial charge in [-0.25, -0.2) is 9.29 Å². The Kier molecular flexibility index (Phi) is 7.99. The molecule has 9 nitrogen and oxygen atoms in total. The van der Waals surface area contributed by atoms with Crippen molar-refractivity contribution < 1.29 is 28.2 Å². The van der Waals surface area contributed by atoms with E-state index in [0.717, 1.165) is 11.3 Å². The van der Waals surface area contributed by atoms with Gasteiger partial charge in [0.1, 0.15) is 11.1 Å². The van der Waals surface area contributed by atoms with E-state index in [1.54, 1.807) is 49.4 Å². The van der Waals surface area contributed by atoms with E-state index in [1.807, 2.05) is 0 Å². The number of halogens is 2. The third kappa shape index (κ3) is 5.65. The molecule has 2 aliphatic rings. The second kappa shape index (κ2) is 11.9. The molecule has 6 rings (SSSR count). The number of imide groups is 1. The highest BCUT2D eigenvalue weighted by Crippen LogP contribution is 2.53. The number of hydrogen-bond donors (Lipinski definition) is 2. The summed E-state index contributed by atoms with van der Waals surface area (Å²) in [4.78, 5) is 56.8. The normalized spacial score (nSPS) is 19.1. The Morgan fingerprint density at radius 1 is 1.00 bits per heavy atom. The molecule has 2 aliphatic heterocycles. The first-order valence-corrected chi connectivity index (χ1v) is 15.3. The lowest BCUT2D eigenvalue weighted by molar-refractivity contribution is -0.122. The van der Waals surface area contributed by atoms with Gasteiger partial charge in [-0.1, -0.05) is 40.8 Å². The molecule has 0 spiro atoms. The summed E-state index contributed by atoms with van der Waals surface area (Å²) in [5.74, 6) is -2.40. The highest BCUT2D eigenvalue weighted by Gasteiger charge is 2.56. The average molecular weight is 640 g/mol. The Morgan fingerprint density at radius 3 is 2.47 bits per heavy atom. The van der Waals surface area contributed by atoms with E-state index in [-0.39, 0.29) is 23.3 Å². The van der Waals surface area contributed by atoms with Gasteiger partial charge in [0.15, 0.2) is 18.1 Å². The molecular weight excluding hydrogens is 617 g/mol. The predicted molar refractivity (Wildman–Crippen MR) is 162 cm³/mol. The zero-order valence-electron chi connectivity index (χ0n) is 22.5. The Labute approximate surface area is 258 Å². The average Bonchev–Trinajstić information content (AvgIpc) is 3.48. The third-order valence-corrected chi connectivity index (χ3v) is 9.68. The SMILES string of the molecule is CCOc1cc([C@H]2c3sc(=O)[nH]c3SC3C(=O)N(c4ccc(Cl)cc4)C(=O)C32)ccc1OCC(=O)Nc1ccc(F)cc1. The number of rotatable bonds is 8. The molecule has 3 aromatic carbocycles. The number of thiazole rings is 1. The summed E-state index contributed by atoms with van der Waals surface area (Å²) >= 11 is 8.22. The minimum absolute atomic E-state index is 0.283. The van der Waals surface area contributed by atoms with E-state index in [9.17, 15) is 23.6 Å². The highest BCUT2D eigenvalue weighted by atomic mass is 35.5. The molecule has 0 aliphatic carbocycles. The lowest BCUT2D eigenvalue weighted by atomic mass is 9.83. The van der Waals surface area contributed by atoms with Crippen molar-refractivity contribution in [1.29, 1.82) is 0 Å². The molecule has 1 aromatic heterocycles. The van der Waals surface area contributed by atoms with Gasteiger partial charge < -0.3 is 19.8 Å². The van der Waals surface area contributed by atoms with Crippen LogP contribution in [0.3, 0.4) is 0 Å². The molecule has 13 heteroatoms. The van der Waals surface area contributed by atoms with Gasteiger partial charge in [0.05, 0.1) is 23.2 Å². The molecule has 220 valence electrons. The number of H-pyrrole nitrogens is 1. The summed E-state index contributed by atoms with van der Waals surface area (Å²) in [6.45, 7) is 1.75. The molecule has 4 aromatic rings. The smallest absolute Gasteiger partial charge is 0.305 e. The number of nitrogens with zero attached hydrogens (tertiary/aromatic N) is 1. The van der Waals surface area contributed by atoms with E-state index in [2.05, 4.69) is 10.3 Å². The van der Waals surface area contributed by atoms with E-state index in [0.29, 0.717) is 50.0 Å². The standard InChI is InChI=1S/C30H23ClFN3O6S2/c1-2-40-21-13-15(3-12-20(21)41-14-22(36)33-18-8-6-17(32)7-9-18)23-24-26(42-27-25(23)43-30(39)34-27)29(38)35(28(24)37)19-10-4-16(31)5-11-19/h3-13,23-24,26H,2,14H2,1H3,(H,33,36)(H,34,39)/t23-,24?,26?/m1/s1. The van der Waals surface area contributed by atoms with Crippen LogP contribution in [0.15, 0.2) is 76.6 Å². The van der Waals surface area contributed by atoms with Crippen LogP contribution in [0, 0.1) is 11.7 Å². The largest absolute Gasteiger partial charge is 0.490 e. The minimum Gasteiger partial charge on any atom is -0.490 e. The fraction of sp³-hybridized carbons (Fsp3) is 0.200. The van der Waals surface area contributed by atoms with Crippen LogP contribution in [-0.2, 0) is 14.4 Å². The van der Waals surface area contributed by atoms with Crippen LogP contribution < -0.4 is 24.6 Å². The van der Waals surface area contributed by atoms with Gasteiger partial charge in [-0.05, 0) is 73.2 Å². The molecule has 0 radical (unpaired) electrons. The zero-order valence-corrected chi connectivity index (χ0v) is 24.9. The molecule has 1 fully saturated rings. The van der Waals surface area contributed by atoms with Gasteiger partial charge in [0.25, 0.3) is 5.91 Å². The van der Waals surface area contributed by atoms with Crippen molar-refractivity contribution in [1.82, 2.24) is 4.98 Å². The number of anilines is 2. The van der Waals surface area contributed by atoms with E-state index < -0.39 is 28.8 Å². The molecule has 2 unspecified atom stereocenters. The maximum atomic E-state index is 13.9. The highest BCUT2D eigenvalue weighted by molar-refractivity contribution is 8.00. The number of carbonyl (C=O) groups excluding carboxylic acids is 3. The summed E-state index contributed by atoms with van der Waals surface area (Å²) in [6.07, 6.45) is 0. The first kappa shape index (κ1) is 29.0. The van der Waals surface area contributed by atoms with Crippen molar-refractivity contribution in [2.24, 2.45) is 5.92 Å². The quantitative estimate of drug-likeness (QED) is 0.247. The number of fused-ring (bicyclic) bond motifs is 2. The number of amides is 3. The summed E-state index contributed by atoms with van der Waals surface area (Å²) in [5.41, 5.74) is 1.49. The van der Waals surface area contributed by atoms with Gasteiger partial charge in [0, 0.05) is 21.5 Å². The summed E-state index contributed by atoms with van der Waals surface area (Å²) < 4.78 is 24.8.